The van der Waals surface area contributed by atoms with E-state index in [2.05, 4.69) is 12.2 Å². The van der Waals surface area contributed by atoms with Gasteiger partial charge in [0.2, 0.25) is 0 Å². The first-order valence-electron chi connectivity index (χ1n) is 6.17. The first-order valence-corrected chi connectivity index (χ1v) is 6.17. The number of fused-ring (bicyclic) bond motifs is 2. The Labute approximate surface area is 106 Å². The van der Waals surface area contributed by atoms with Gasteiger partial charge in [-0.25, -0.2) is 4.79 Å². The van der Waals surface area contributed by atoms with Gasteiger partial charge in [0.1, 0.15) is 5.60 Å². The van der Waals surface area contributed by atoms with Crippen LogP contribution in [-0.2, 0) is 19.4 Å². The van der Waals surface area contributed by atoms with Gasteiger partial charge in [-0.1, -0.05) is 12.2 Å². The van der Waals surface area contributed by atoms with Gasteiger partial charge in [0.05, 0.1) is 12.3 Å². The highest BCUT2D eigenvalue weighted by atomic mass is 17.2. The lowest BCUT2D eigenvalue weighted by Gasteiger charge is -2.22. The lowest BCUT2D eigenvalue weighted by Crippen LogP contribution is -2.31. The zero-order chi connectivity index (χ0) is 13.3. The zero-order valence-electron chi connectivity index (χ0n) is 10.6. The summed E-state index contributed by atoms with van der Waals surface area (Å²) in [5.74, 6) is -0.766. The summed E-state index contributed by atoms with van der Waals surface area (Å²) in [5, 5.41) is 8.68. The Bertz CT molecular complexity index is 385. The fourth-order valence-corrected chi connectivity index (χ4v) is 2.66. The maximum Gasteiger partial charge on any atom is 0.346 e. The van der Waals surface area contributed by atoms with Gasteiger partial charge < -0.3 is 5.11 Å². The molecule has 0 spiro atoms. The van der Waals surface area contributed by atoms with E-state index >= 15 is 0 Å². The molecule has 2 bridgehead atoms. The van der Waals surface area contributed by atoms with Gasteiger partial charge >= 0.3 is 11.9 Å². The van der Waals surface area contributed by atoms with E-state index in [4.69, 9.17) is 14.9 Å². The van der Waals surface area contributed by atoms with Crippen LogP contribution in [0.1, 0.15) is 33.1 Å². The summed E-state index contributed by atoms with van der Waals surface area (Å²) in [4.78, 5) is 32.2. The van der Waals surface area contributed by atoms with Crippen LogP contribution in [0.25, 0.3) is 0 Å². The lowest BCUT2D eigenvalue weighted by atomic mass is 9.94. The number of hydrogen-bond acceptors (Lipinski definition) is 4. The zero-order valence-corrected chi connectivity index (χ0v) is 10.6. The highest BCUT2D eigenvalue weighted by molar-refractivity contribution is 5.73. The fourth-order valence-electron chi connectivity index (χ4n) is 2.66. The molecule has 0 aliphatic heterocycles. The van der Waals surface area contributed by atoms with Crippen LogP contribution in [0.5, 0.6) is 0 Å². The molecule has 5 heteroatoms. The van der Waals surface area contributed by atoms with Gasteiger partial charge in [0, 0.05) is 0 Å². The van der Waals surface area contributed by atoms with Crippen molar-refractivity contribution in [1.82, 2.24) is 0 Å². The molecule has 0 heterocycles. The van der Waals surface area contributed by atoms with Gasteiger partial charge in [0.15, 0.2) is 0 Å². The molecule has 2 aliphatic rings. The van der Waals surface area contributed by atoms with Crippen LogP contribution in [0.2, 0.25) is 0 Å². The van der Waals surface area contributed by atoms with Crippen molar-refractivity contribution in [2.45, 2.75) is 38.7 Å². The molecule has 1 saturated carbocycles. The molecule has 0 radical (unpaired) electrons. The van der Waals surface area contributed by atoms with E-state index < -0.39 is 11.6 Å². The number of carbonyl (C=O) groups excluding carboxylic acids is 1. The van der Waals surface area contributed by atoms with Gasteiger partial charge in [-0.15, -0.1) is 0 Å². The summed E-state index contributed by atoms with van der Waals surface area (Å²) in [6.07, 6.45) is 5.81. The summed E-state index contributed by atoms with van der Waals surface area (Å²) >= 11 is 0. The first kappa shape index (κ1) is 13.1. The Morgan fingerprint density at radius 1 is 1.33 bits per heavy atom. The molecule has 5 nitrogen and oxygen atoms in total. The Morgan fingerprint density at radius 2 is 2.06 bits per heavy atom. The number of rotatable bonds is 5. The second-order valence-electron chi connectivity index (χ2n) is 5.70. The van der Waals surface area contributed by atoms with E-state index in [1.165, 1.54) is 0 Å². The maximum absolute atomic E-state index is 11.8. The van der Waals surface area contributed by atoms with Crippen molar-refractivity contribution in [3.05, 3.63) is 12.2 Å². The van der Waals surface area contributed by atoms with Crippen molar-refractivity contribution in [1.29, 1.82) is 0 Å². The molecule has 3 atom stereocenters. The van der Waals surface area contributed by atoms with Crippen LogP contribution < -0.4 is 0 Å². The molecule has 100 valence electrons. The minimum absolute atomic E-state index is 0.138. The van der Waals surface area contributed by atoms with E-state index in [1.54, 1.807) is 13.8 Å². The first-order chi connectivity index (χ1) is 8.37. The topological polar surface area (TPSA) is 72.8 Å². The lowest BCUT2D eigenvalue weighted by molar-refractivity contribution is -0.328. The average Bonchev–Trinajstić information content (AvgIpc) is 2.85. The Kier molecular flexibility index (Phi) is 3.43. The largest absolute Gasteiger partial charge is 0.481 e. The van der Waals surface area contributed by atoms with Gasteiger partial charge in [-0.05, 0) is 38.5 Å². The Balaban J connectivity index is 1.82. The van der Waals surface area contributed by atoms with Crippen molar-refractivity contribution in [3.63, 3.8) is 0 Å². The van der Waals surface area contributed by atoms with Crippen molar-refractivity contribution in [2.24, 2.45) is 17.8 Å². The maximum atomic E-state index is 11.8. The quantitative estimate of drug-likeness (QED) is 0.461. The predicted octanol–water partition coefficient (Wildman–Crippen LogP) is 1.93. The molecule has 1 fully saturated rings. The van der Waals surface area contributed by atoms with Crippen LogP contribution in [0.15, 0.2) is 12.2 Å². The van der Waals surface area contributed by atoms with E-state index in [0.29, 0.717) is 5.92 Å². The van der Waals surface area contributed by atoms with Crippen molar-refractivity contribution in [3.8, 4) is 0 Å². The second-order valence-corrected chi connectivity index (χ2v) is 5.70. The van der Waals surface area contributed by atoms with E-state index in [-0.39, 0.29) is 24.2 Å². The third-order valence-electron chi connectivity index (χ3n) is 3.51. The van der Waals surface area contributed by atoms with Crippen LogP contribution in [-0.4, -0.2) is 22.6 Å². The molecular formula is C13H18O5. The molecule has 0 aromatic rings. The molecule has 0 saturated heterocycles. The predicted molar refractivity (Wildman–Crippen MR) is 62.4 cm³/mol. The van der Waals surface area contributed by atoms with Gasteiger partial charge in [-0.2, -0.15) is 4.89 Å². The molecular weight excluding hydrogens is 236 g/mol. The SMILES string of the molecule is CC(C)(CC(=O)O)OOC(=O)C1CC2C=CC1C2. The monoisotopic (exact) mass is 254 g/mol. The van der Waals surface area contributed by atoms with Gasteiger partial charge in [-0.3, -0.25) is 9.68 Å². The summed E-state index contributed by atoms with van der Waals surface area (Å²) in [6, 6.07) is 0. The minimum Gasteiger partial charge on any atom is -0.481 e. The molecule has 0 aromatic carbocycles. The van der Waals surface area contributed by atoms with E-state index in [1.807, 2.05) is 0 Å². The van der Waals surface area contributed by atoms with Crippen molar-refractivity contribution < 1.29 is 24.5 Å². The molecule has 18 heavy (non-hydrogen) atoms. The fraction of sp³-hybridized carbons (Fsp3) is 0.692. The molecule has 0 amide bonds. The smallest absolute Gasteiger partial charge is 0.346 e. The number of allylic oxidation sites excluding steroid dienone is 2. The van der Waals surface area contributed by atoms with E-state index in [0.717, 1.165) is 12.8 Å². The number of carbonyl (C=O) groups is 2. The van der Waals surface area contributed by atoms with Crippen LogP contribution in [0.4, 0.5) is 0 Å². The van der Waals surface area contributed by atoms with Crippen molar-refractivity contribution in [2.75, 3.05) is 0 Å². The number of hydrogen-bond donors (Lipinski definition) is 1. The molecule has 1 N–H and O–H groups in total. The van der Waals surface area contributed by atoms with Crippen LogP contribution in [0, 0.1) is 17.8 Å². The third-order valence-corrected chi connectivity index (χ3v) is 3.51. The molecule has 2 aliphatic carbocycles. The average molecular weight is 254 g/mol. The number of aliphatic carboxylic acids is 1. The summed E-state index contributed by atoms with van der Waals surface area (Å²) in [6.45, 7) is 3.16. The van der Waals surface area contributed by atoms with E-state index in [9.17, 15) is 9.59 Å². The second kappa shape index (κ2) is 4.72. The van der Waals surface area contributed by atoms with Crippen LogP contribution >= 0.6 is 0 Å². The van der Waals surface area contributed by atoms with Crippen molar-refractivity contribution >= 4 is 11.9 Å². The molecule has 2 rings (SSSR count). The summed E-state index contributed by atoms with van der Waals surface area (Å²) in [5.41, 5.74) is -1.01. The highest BCUT2D eigenvalue weighted by Gasteiger charge is 2.41. The minimum atomic E-state index is -1.01. The number of carboxylic acid groups (broad SMARTS) is 1. The highest BCUT2D eigenvalue weighted by Crippen LogP contribution is 2.44. The van der Waals surface area contributed by atoms with Crippen LogP contribution in [0.3, 0.4) is 0 Å². The summed E-state index contributed by atoms with van der Waals surface area (Å²) < 4.78 is 0. The normalized spacial score (nSPS) is 29.6. The molecule has 3 unspecified atom stereocenters. The third kappa shape index (κ3) is 2.90. The Morgan fingerprint density at radius 3 is 2.56 bits per heavy atom. The van der Waals surface area contributed by atoms with Gasteiger partial charge in [0.25, 0.3) is 0 Å². The standard InChI is InChI=1S/C13H18O5/c1-13(2,7-11(14)15)18-17-12(16)10-6-8-3-4-9(10)5-8/h3-4,8-10H,5-7H2,1-2H3,(H,14,15). The number of carboxylic acids is 1. The molecule has 0 aromatic heterocycles. The summed E-state index contributed by atoms with van der Waals surface area (Å²) in [7, 11) is 0. The Hall–Kier alpha value is -1.36.